The number of likely N-dealkylation sites (tertiary alicyclic amines) is 1. The van der Waals surface area contributed by atoms with Crippen LogP contribution in [0.15, 0.2) is 12.2 Å². The number of hydrogen-bond acceptors (Lipinski definition) is 3. The Bertz CT molecular complexity index is 344. The summed E-state index contributed by atoms with van der Waals surface area (Å²) in [5, 5.41) is 0. The van der Waals surface area contributed by atoms with Crippen LogP contribution in [0.5, 0.6) is 0 Å². The molecule has 3 rings (SSSR count). The Labute approximate surface area is 87.9 Å². The average Bonchev–Trinajstić information content (AvgIpc) is 2.79. The van der Waals surface area contributed by atoms with Crippen molar-refractivity contribution in [3.8, 4) is 0 Å². The second-order valence-corrected chi connectivity index (χ2v) is 4.64. The molecule has 0 saturated carbocycles. The Morgan fingerprint density at radius 2 is 1.60 bits per heavy atom. The van der Waals surface area contributed by atoms with Gasteiger partial charge in [-0.2, -0.15) is 0 Å². The molecule has 0 aliphatic carbocycles. The van der Waals surface area contributed by atoms with Crippen LogP contribution < -0.4 is 0 Å². The van der Waals surface area contributed by atoms with Crippen molar-refractivity contribution in [2.24, 2.45) is 11.8 Å². The van der Waals surface area contributed by atoms with Crippen LogP contribution >= 0.6 is 0 Å². The lowest BCUT2D eigenvalue weighted by Crippen LogP contribution is -2.39. The van der Waals surface area contributed by atoms with Gasteiger partial charge in [0.25, 0.3) is 0 Å². The van der Waals surface area contributed by atoms with Crippen LogP contribution in [0.1, 0.15) is 13.8 Å². The molecule has 2 fully saturated rings. The molecule has 2 bridgehead atoms. The van der Waals surface area contributed by atoms with Gasteiger partial charge in [0.1, 0.15) is 0 Å². The third-order valence-corrected chi connectivity index (χ3v) is 3.46. The third kappa shape index (κ3) is 0.951. The van der Waals surface area contributed by atoms with Crippen LogP contribution in [0, 0.1) is 11.8 Å². The molecule has 4 atom stereocenters. The summed E-state index contributed by atoms with van der Waals surface area (Å²) in [4.78, 5) is 25.4. The van der Waals surface area contributed by atoms with Crippen molar-refractivity contribution in [3.05, 3.63) is 12.2 Å². The lowest BCUT2D eigenvalue weighted by Gasteiger charge is -2.21. The summed E-state index contributed by atoms with van der Waals surface area (Å²) < 4.78 is 5.53. The Balaban J connectivity index is 2.00. The zero-order chi connectivity index (χ0) is 10.7. The number of amides is 2. The van der Waals surface area contributed by atoms with Gasteiger partial charge in [-0.05, 0) is 13.8 Å². The molecule has 0 radical (unpaired) electrons. The largest absolute Gasteiger partial charge is 0.365 e. The first-order valence-corrected chi connectivity index (χ1v) is 5.32. The van der Waals surface area contributed by atoms with Crippen LogP contribution in [0.3, 0.4) is 0 Å². The maximum atomic E-state index is 12.0. The lowest BCUT2D eigenvalue weighted by molar-refractivity contribution is -0.144. The fourth-order valence-corrected chi connectivity index (χ4v) is 2.84. The molecule has 2 amide bonds. The molecule has 4 nitrogen and oxygen atoms in total. The zero-order valence-electron chi connectivity index (χ0n) is 8.71. The summed E-state index contributed by atoms with van der Waals surface area (Å²) in [5.74, 6) is -0.626. The molecule has 0 aromatic heterocycles. The third-order valence-electron chi connectivity index (χ3n) is 3.46. The zero-order valence-corrected chi connectivity index (χ0v) is 8.71. The summed E-state index contributed by atoms with van der Waals surface area (Å²) >= 11 is 0. The monoisotopic (exact) mass is 207 g/mol. The van der Waals surface area contributed by atoms with Gasteiger partial charge in [-0.1, -0.05) is 12.2 Å². The fourth-order valence-electron chi connectivity index (χ4n) is 2.84. The van der Waals surface area contributed by atoms with Gasteiger partial charge < -0.3 is 4.74 Å². The molecular formula is C11H13NO3. The van der Waals surface area contributed by atoms with Crippen LogP contribution in [0.4, 0.5) is 0 Å². The van der Waals surface area contributed by atoms with E-state index in [-0.39, 0.29) is 41.9 Å². The van der Waals surface area contributed by atoms with E-state index >= 15 is 0 Å². The molecule has 1 unspecified atom stereocenters. The van der Waals surface area contributed by atoms with Crippen LogP contribution in [-0.2, 0) is 14.3 Å². The number of carbonyl (C=O) groups excluding carboxylic acids is 2. The van der Waals surface area contributed by atoms with Crippen LogP contribution in [-0.4, -0.2) is 35.0 Å². The number of rotatable bonds is 1. The molecule has 0 aromatic rings. The van der Waals surface area contributed by atoms with Crippen molar-refractivity contribution in [2.75, 3.05) is 0 Å². The normalized spacial score (nSPS) is 42.2. The van der Waals surface area contributed by atoms with Crippen molar-refractivity contribution in [2.45, 2.75) is 32.1 Å². The highest BCUT2D eigenvalue weighted by Crippen LogP contribution is 2.45. The predicted octanol–water partition coefficient (Wildman–Crippen LogP) is 0.333. The van der Waals surface area contributed by atoms with Gasteiger partial charge in [-0.25, -0.2) is 0 Å². The topological polar surface area (TPSA) is 46.6 Å². The maximum absolute atomic E-state index is 12.0. The van der Waals surface area contributed by atoms with Crippen molar-refractivity contribution in [1.29, 1.82) is 0 Å². The Morgan fingerprint density at radius 1 is 1.13 bits per heavy atom. The van der Waals surface area contributed by atoms with Gasteiger partial charge in [0.05, 0.1) is 24.0 Å². The minimum absolute atomic E-state index is 0.0463. The SMILES string of the molecule is CC(C)N1C(=O)C2[C@@H]3C=C[C@@H](O3)[C@H]2C1=O. The number of ether oxygens (including phenoxy) is 1. The molecule has 15 heavy (non-hydrogen) atoms. The van der Waals surface area contributed by atoms with Crippen molar-refractivity contribution < 1.29 is 14.3 Å². The fraction of sp³-hybridized carbons (Fsp3) is 0.636. The highest BCUT2D eigenvalue weighted by molar-refractivity contribution is 6.07. The first-order chi connectivity index (χ1) is 7.11. The molecule has 0 N–H and O–H groups in total. The standard InChI is InChI=1S/C11H13NO3/c1-5(2)12-10(13)8-6-3-4-7(15-6)9(8)11(12)14/h3-9H,1-2H3/t6-,7+,8-,9?/m1/s1. The lowest BCUT2D eigenvalue weighted by atomic mass is 9.85. The van der Waals surface area contributed by atoms with E-state index in [0.717, 1.165) is 0 Å². The molecule has 3 aliphatic rings. The summed E-state index contributed by atoms with van der Waals surface area (Å²) in [7, 11) is 0. The molecular weight excluding hydrogens is 194 g/mol. The van der Waals surface area contributed by atoms with Gasteiger partial charge in [0.15, 0.2) is 0 Å². The summed E-state index contributed by atoms with van der Waals surface area (Å²) in [6.45, 7) is 3.74. The molecule has 3 heterocycles. The number of hydrogen-bond donors (Lipinski definition) is 0. The summed E-state index contributed by atoms with van der Waals surface area (Å²) in [5.41, 5.74) is 0. The van der Waals surface area contributed by atoms with Crippen molar-refractivity contribution in [3.63, 3.8) is 0 Å². The molecule has 80 valence electrons. The van der Waals surface area contributed by atoms with E-state index in [1.54, 1.807) is 0 Å². The van der Waals surface area contributed by atoms with Crippen molar-refractivity contribution >= 4 is 11.8 Å². The van der Waals surface area contributed by atoms with Gasteiger partial charge in [-0.15, -0.1) is 0 Å². The van der Waals surface area contributed by atoms with E-state index in [2.05, 4.69) is 0 Å². The minimum Gasteiger partial charge on any atom is -0.365 e. The number of fused-ring (bicyclic) bond motifs is 5. The first-order valence-electron chi connectivity index (χ1n) is 5.32. The molecule has 4 heteroatoms. The highest BCUT2D eigenvalue weighted by atomic mass is 16.5. The number of nitrogens with zero attached hydrogens (tertiary/aromatic N) is 1. The summed E-state index contributed by atoms with van der Waals surface area (Å²) in [6, 6.07) is -0.0463. The second kappa shape index (κ2) is 2.70. The predicted molar refractivity (Wildman–Crippen MR) is 51.8 cm³/mol. The highest BCUT2D eigenvalue weighted by Gasteiger charge is 2.60. The van der Waals surface area contributed by atoms with E-state index in [9.17, 15) is 9.59 Å². The maximum Gasteiger partial charge on any atom is 0.236 e. The van der Waals surface area contributed by atoms with E-state index in [4.69, 9.17) is 4.74 Å². The van der Waals surface area contributed by atoms with Gasteiger partial charge in [0, 0.05) is 6.04 Å². The quantitative estimate of drug-likeness (QED) is 0.460. The van der Waals surface area contributed by atoms with Gasteiger partial charge in [-0.3, -0.25) is 14.5 Å². The molecule has 0 spiro atoms. The first kappa shape index (κ1) is 9.09. The average molecular weight is 207 g/mol. The van der Waals surface area contributed by atoms with Crippen LogP contribution in [0.2, 0.25) is 0 Å². The molecule has 2 saturated heterocycles. The Hall–Kier alpha value is -1.16. The van der Waals surface area contributed by atoms with E-state index in [1.807, 2.05) is 26.0 Å². The van der Waals surface area contributed by atoms with Gasteiger partial charge >= 0.3 is 0 Å². The second-order valence-electron chi connectivity index (χ2n) is 4.64. The van der Waals surface area contributed by atoms with Gasteiger partial charge in [0.2, 0.25) is 11.8 Å². The van der Waals surface area contributed by atoms with Crippen molar-refractivity contribution in [1.82, 2.24) is 4.90 Å². The van der Waals surface area contributed by atoms with E-state index in [0.29, 0.717) is 0 Å². The number of carbonyl (C=O) groups is 2. The van der Waals surface area contributed by atoms with Crippen LogP contribution in [0.25, 0.3) is 0 Å². The number of imide groups is 1. The Morgan fingerprint density at radius 3 is 2.00 bits per heavy atom. The minimum atomic E-state index is -0.255. The Kier molecular flexibility index (Phi) is 1.63. The smallest absolute Gasteiger partial charge is 0.236 e. The molecule has 3 aliphatic heterocycles. The van der Waals surface area contributed by atoms with E-state index < -0.39 is 0 Å². The van der Waals surface area contributed by atoms with E-state index in [1.165, 1.54) is 4.90 Å². The molecule has 0 aromatic carbocycles. The summed E-state index contributed by atoms with van der Waals surface area (Å²) in [6.07, 6.45) is 3.47.